The van der Waals surface area contributed by atoms with E-state index in [9.17, 15) is 35.5 Å². The lowest BCUT2D eigenvalue weighted by atomic mass is 9.82. The van der Waals surface area contributed by atoms with Crippen LogP contribution in [-0.4, -0.2) is 44.6 Å². The van der Waals surface area contributed by atoms with Gasteiger partial charge in [-0.2, -0.15) is 16.8 Å². The number of hydrogen-bond donors (Lipinski definition) is 5. The number of ketones is 2. The molecule has 0 spiro atoms. The third-order valence-corrected chi connectivity index (χ3v) is 8.00. The van der Waals surface area contributed by atoms with Gasteiger partial charge in [-0.3, -0.25) is 18.7 Å². The minimum Gasteiger partial charge on any atom is -0.397 e. The molecule has 0 unspecified atom stereocenters. The van der Waals surface area contributed by atoms with Crippen LogP contribution in [-0.2, 0) is 26.8 Å². The topological polar surface area (TPSA) is 193 Å². The van der Waals surface area contributed by atoms with Crippen molar-refractivity contribution in [2.24, 2.45) is 0 Å². The Bertz CT molecular complexity index is 1730. The van der Waals surface area contributed by atoms with E-state index in [0.717, 1.165) is 41.0 Å². The summed E-state index contributed by atoms with van der Waals surface area (Å²) >= 11 is 0. The van der Waals surface area contributed by atoms with E-state index in [-0.39, 0.29) is 22.4 Å². The van der Waals surface area contributed by atoms with E-state index in [1.54, 1.807) is 14.0 Å². The van der Waals surface area contributed by atoms with Crippen LogP contribution >= 0.6 is 0 Å². The number of hydrogen-bond acceptors (Lipinski definition) is 9. The quantitative estimate of drug-likeness (QED) is 0.177. The Hall–Kier alpha value is -3.62. The van der Waals surface area contributed by atoms with Crippen LogP contribution in [0.15, 0.2) is 46.2 Å². The highest BCUT2D eigenvalue weighted by molar-refractivity contribution is 7.86. The van der Waals surface area contributed by atoms with Crippen molar-refractivity contribution >= 4 is 48.9 Å². The fourth-order valence-corrected chi connectivity index (χ4v) is 5.55. The van der Waals surface area contributed by atoms with E-state index < -0.39 is 52.8 Å². The number of carbonyl (C=O) groups excluding carboxylic acids is 2. The van der Waals surface area contributed by atoms with Crippen LogP contribution in [0, 0.1) is 13.8 Å². The molecule has 4 rings (SSSR count). The first kappa shape index (κ1) is 26.4. The van der Waals surface area contributed by atoms with Gasteiger partial charge in [0.2, 0.25) is 0 Å². The van der Waals surface area contributed by atoms with Crippen molar-refractivity contribution in [1.82, 2.24) is 5.32 Å². The monoisotopic (exact) mass is 545 g/mol. The van der Waals surface area contributed by atoms with Gasteiger partial charge in [0.05, 0.1) is 27.4 Å². The summed E-state index contributed by atoms with van der Waals surface area (Å²) in [6.07, 6.45) is 0. The van der Waals surface area contributed by atoms with Crippen LogP contribution in [0.25, 0.3) is 0 Å². The summed E-state index contributed by atoms with van der Waals surface area (Å²) in [4.78, 5) is 25.7. The molecule has 0 fully saturated rings. The molecular weight excluding hydrogens is 522 g/mol. The van der Waals surface area contributed by atoms with Gasteiger partial charge in [0, 0.05) is 23.4 Å². The number of anilines is 3. The number of benzene rings is 3. The van der Waals surface area contributed by atoms with Crippen LogP contribution in [0.3, 0.4) is 0 Å². The van der Waals surface area contributed by atoms with Crippen molar-refractivity contribution in [3.63, 3.8) is 0 Å². The number of rotatable bonds is 6. The van der Waals surface area contributed by atoms with Gasteiger partial charge in [-0.15, -0.1) is 0 Å². The summed E-state index contributed by atoms with van der Waals surface area (Å²) in [7, 11) is -7.84. The van der Waals surface area contributed by atoms with Gasteiger partial charge >= 0.3 is 0 Å². The lowest BCUT2D eigenvalue weighted by molar-refractivity contribution is 0.0980. The molecule has 6 N–H and O–H groups in total. The van der Waals surface area contributed by atoms with Gasteiger partial charge in [-0.05, 0) is 61.9 Å². The van der Waals surface area contributed by atoms with Crippen molar-refractivity contribution in [3.05, 3.63) is 75.3 Å². The van der Waals surface area contributed by atoms with Crippen LogP contribution in [0.5, 0.6) is 0 Å². The predicted octanol–water partition coefficient (Wildman–Crippen LogP) is 2.62. The summed E-state index contributed by atoms with van der Waals surface area (Å²) in [5, 5.41) is 6.07. The molecule has 3 aromatic carbocycles. The largest absolute Gasteiger partial charge is 0.397 e. The van der Waals surface area contributed by atoms with Crippen LogP contribution in [0.2, 0.25) is 0 Å². The number of nitrogens with one attached hydrogen (secondary N) is 2. The highest BCUT2D eigenvalue weighted by Crippen LogP contribution is 2.41. The highest BCUT2D eigenvalue weighted by Gasteiger charge is 2.37. The Labute approximate surface area is 213 Å². The zero-order valence-electron chi connectivity index (χ0n) is 19.9. The molecule has 0 saturated heterocycles. The van der Waals surface area contributed by atoms with Crippen molar-refractivity contribution < 1.29 is 35.5 Å². The zero-order chi connectivity index (χ0) is 27.4. The van der Waals surface area contributed by atoms with Gasteiger partial charge in [-0.25, -0.2) is 0 Å². The zero-order valence-corrected chi connectivity index (χ0v) is 21.5. The first-order valence-corrected chi connectivity index (χ1v) is 13.7. The molecule has 3 aromatic rings. The maximum atomic E-state index is 13.7. The summed E-state index contributed by atoms with van der Waals surface area (Å²) in [5.41, 5.74) is 6.89. The molecule has 0 radical (unpaired) electrons. The van der Waals surface area contributed by atoms with Gasteiger partial charge < -0.3 is 16.4 Å². The molecule has 13 heteroatoms. The number of fused-ring (bicyclic) bond motifs is 2. The minimum atomic E-state index is -4.91. The van der Waals surface area contributed by atoms with E-state index >= 15 is 0 Å². The molecule has 0 aromatic heterocycles. The average Bonchev–Trinajstić information content (AvgIpc) is 2.81. The molecule has 0 heterocycles. The summed E-state index contributed by atoms with van der Waals surface area (Å²) in [6, 6.07) is 7.51. The molecule has 1 aliphatic rings. The van der Waals surface area contributed by atoms with E-state index in [1.165, 1.54) is 0 Å². The Balaban J connectivity index is 2.04. The van der Waals surface area contributed by atoms with E-state index in [2.05, 4.69) is 10.6 Å². The van der Waals surface area contributed by atoms with Crippen LogP contribution in [0.4, 0.5) is 17.1 Å². The second kappa shape index (κ2) is 9.04. The van der Waals surface area contributed by atoms with Crippen molar-refractivity contribution in [2.45, 2.75) is 30.2 Å². The third kappa shape index (κ3) is 4.51. The lowest BCUT2D eigenvalue weighted by Gasteiger charge is -2.25. The first-order valence-electron chi connectivity index (χ1n) is 10.8. The highest BCUT2D eigenvalue weighted by atomic mass is 32.2. The second-order valence-corrected chi connectivity index (χ2v) is 11.4. The maximum absolute atomic E-state index is 13.7. The third-order valence-electron chi connectivity index (χ3n) is 6.25. The molecule has 37 heavy (non-hydrogen) atoms. The predicted molar refractivity (Wildman–Crippen MR) is 136 cm³/mol. The van der Waals surface area contributed by atoms with Gasteiger partial charge in [0.25, 0.3) is 20.2 Å². The fourth-order valence-electron chi connectivity index (χ4n) is 4.40. The van der Waals surface area contributed by atoms with Gasteiger partial charge in [-0.1, -0.05) is 12.1 Å². The van der Waals surface area contributed by atoms with E-state index in [0.29, 0.717) is 12.2 Å². The Kier molecular flexibility index (Phi) is 6.46. The minimum absolute atomic E-state index is 0.133. The molecule has 0 atom stereocenters. The molecule has 0 saturated carbocycles. The molecule has 0 bridgehead atoms. The van der Waals surface area contributed by atoms with Crippen LogP contribution < -0.4 is 16.4 Å². The van der Waals surface area contributed by atoms with Crippen LogP contribution in [0.1, 0.15) is 48.5 Å². The molecule has 194 valence electrons. The van der Waals surface area contributed by atoms with Crippen molar-refractivity contribution in [2.75, 3.05) is 18.1 Å². The maximum Gasteiger partial charge on any atom is 0.296 e. The second-order valence-electron chi connectivity index (χ2n) is 8.60. The number of nitrogen functional groups attached to an aromatic ring is 1. The first-order chi connectivity index (χ1) is 17.2. The molecule has 11 nitrogen and oxygen atoms in total. The number of nitrogens with two attached hydrogens (primary N) is 1. The van der Waals surface area contributed by atoms with Crippen molar-refractivity contribution in [3.8, 4) is 0 Å². The Morgan fingerprint density at radius 1 is 0.865 bits per heavy atom. The normalized spacial score (nSPS) is 13.3. The molecule has 0 amide bonds. The van der Waals surface area contributed by atoms with E-state index in [4.69, 9.17) is 5.73 Å². The Morgan fingerprint density at radius 2 is 1.51 bits per heavy atom. The number of carbonyl (C=O) groups is 2. The summed E-state index contributed by atoms with van der Waals surface area (Å²) in [5.74, 6) is -1.68. The average molecular weight is 546 g/mol. The Morgan fingerprint density at radius 3 is 2.11 bits per heavy atom. The van der Waals surface area contributed by atoms with Gasteiger partial charge in [0.1, 0.15) is 4.90 Å². The standard InChI is InChI=1S/C24H23N3O8S2/c1-11-4-5-13(10-26-3)12(2)22(11)27-17-9-18(37(33,34)35)21(25)20-19(17)24(29)16-8-14(36(30,31)32)6-7-15(16)23(20)28/h4-9,26-27H,10,25H2,1-3H3,(H,30,31,32)(H,33,34,35). The fraction of sp³-hybridized carbons (Fsp3) is 0.167. The summed E-state index contributed by atoms with van der Waals surface area (Å²) < 4.78 is 66.9. The smallest absolute Gasteiger partial charge is 0.296 e. The molecule has 0 aliphatic heterocycles. The van der Waals surface area contributed by atoms with E-state index in [1.807, 2.05) is 19.1 Å². The van der Waals surface area contributed by atoms with Crippen molar-refractivity contribution in [1.29, 1.82) is 0 Å². The SMILES string of the molecule is CNCc1ccc(C)c(Nc2cc(S(=O)(=O)O)c(N)c3c2C(=O)c2cc(S(=O)(=O)O)ccc2C3=O)c1C. The molecule has 1 aliphatic carbocycles. The lowest BCUT2D eigenvalue weighted by Crippen LogP contribution is -2.25. The van der Waals surface area contributed by atoms with Gasteiger partial charge in [0.15, 0.2) is 11.6 Å². The number of aryl methyl sites for hydroxylation is 1. The molecular formula is C24H23N3O8S2. The summed E-state index contributed by atoms with van der Waals surface area (Å²) in [6.45, 7) is 4.11.